The topological polar surface area (TPSA) is 106 Å². The first-order valence-corrected chi connectivity index (χ1v) is 9.22. The van der Waals surface area contributed by atoms with Gasteiger partial charge in [0.1, 0.15) is 5.56 Å². The van der Waals surface area contributed by atoms with E-state index in [1.807, 2.05) is 31.1 Å². The van der Waals surface area contributed by atoms with E-state index in [9.17, 15) is 14.4 Å². The van der Waals surface area contributed by atoms with Crippen LogP contribution in [0.5, 0.6) is 11.5 Å². The number of nitrogens with zero attached hydrogens (tertiary/aromatic N) is 2. The fourth-order valence-electron chi connectivity index (χ4n) is 3.08. The van der Waals surface area contributed by atoms with Gasteiger partial charge in [0.2, 0.25) is 6.79 Å². The summed E-state index contributed by atoms with van der Waals surface area (Å²) in [6, 6.07) is 12.3. The van der Waals surface area contributed by atoms with Gasteiger partial charge in [-0.1, -0.05) is 6.07 Å². The summed E-state index contributed by atoms with van der Waals surface area (Å²) in [5, 5.41) is 2.68. The van der Waals surface area contributed by atoms with Gasteiger partial charge in [0.05, 0.1) is 6.54 Å². The predicted octanol–water partition coefficient (Wildman–Crippen LogP) is 1.63. The summed E-state index contributed by atoms with van der Waals surface area (Å²) in [6.07, 6.45) is 1.13. The van der Waals surface area contributed by atoms with E-state index in [1.165, 1.54) is 0 Å². The van der Waals surface area contributed by atoms with Gasteiger partial charge in [0.25, 0.3) is 11.5 Å². The van der Waals surface area contributed by atoms with Crippen molar-refractivity contribution in [3.05, 3.63) is 80.6 Å². The van der Waals surface area contributed by atoms with Crippen molar-refractivity contribution in [3.8, 4) is 11.5 Å². The molecule has 1 aromatic heterocycles. The number of hydrogen-bond acceptors (Lipinski definition) is 6. The minimum atomic E-state index is -0.682. The smallest absolute Gasteiger partial charge is 0.328 e. The van der Waals surface area contributed by atoms with E-state index in [4.69, 9.17) is 9.47 Å². The van der Waals surface area contributed by atoms with Crippen LogP contribution in [0.15, 0.2) is 58.3 Å². The Morgan fingerprint density at radius 2 is 1.83 bits per heavy atom. The van der Waals surface area contributed by atoms with Crippen molar-refractivity contribution in [2.45, 2.75) is 6.54 Å². The third kappa shape index (κ3) is 3.77. The fraction of sp³-hybridized carbons (Fsp3) is 0.190. The number of benzene rings is 2. The Morgan fingerprint density at radius 3 is 2.57 bits per heavy atom. The Bertz CT molecular complexity index is 1210. The second kappa shape index (κ2) is 7.78. The van der Waals surface area contributed by atoms with Crippen LogP contribution in [0.1, 0.15) is 15.9 Å². The normalized spacial score (nSPS) is 11.9. The molecule has 9 nitrogen and oxygen atoms in total. The van der Waals surface area contributed by atoms with Crippen molar-refractivity contribution < 1.29 is 14.3 Å². The fourth-order valence-corrected chi connectivity index (χ4v) is 3.08. The van der Waals surface area contributed by atoms with Gasteiger partial charge in [-0.3, -0.25) is 14.2 Å². The van der Waals surface area contributed by atoms with Crippen molar-refractivity contribution in [1.29, 1.82) is 0 Å². The quantitative estimate of drug-likeness (QED) is 0.665. The van der Waals surface area contributed by atoms with Gasteiger partial charge < -0.3 is 24.7 Å². The van der Waals surface area contributed by atoms with Gasteiger partial charge in [0.15, 0.2) is 11.5 Å². The summed E-state index contributed by atoms with van der Waals surface area (Å²) in [7, 11) is 3.83. The van der Waals surface area contributed by atoms with Crippen molar-refractivity contribution in [2.24, 2.45) is 0 Å². The third-order valence-corrected chi connectivity index (χ3v) is 4.72. The van der Waals surface area contributed by atoms with Crippen molar-refractivity contribution in [1.82, 2.24) is 9.55 Å². The number of carbonyl (C=O) groups excluding carboxylic acids is 1. The number of aromatic amines is 1. The van der Waals surface area contributed by atoms with E-state index in [-0.39, 0.29) is 18.9 Å². The summed E-state index contributed by atoms with van der Waals surface area (Å²) in [5.41, 5.74) is 0.737. The Morgan fingerprint density at radius 1 is 1.10 bits per heavy atom. The van der Waals surface area contributed by atoms with E-state index in [2.05, 4.69) is 10.3 Å². The highest BCUT2D eigenvalue weighted by molar-refractivity contribution is 6.03. The minimum Gasteiger partial charge on any atom is -0.454 e. The molecular weight excluding hydrogens is 388 g/mol. The van der Waals surface area contributed by atoms with Crippen LogP contribution in [0.2, 0.25) is 0 Å². The molecule has 9 heteroatoms. The van der Waals surface area contributed by atoms with E-state index in [0.29, 0.717) is 22.7 Å². The molecule has 0 unspecified atom stereocenters. The molecule has 0 fully saturated rings. The number of rotatable bonds is 5. The minimum absolute atomic E-state index is 0.0105. The molecule has 0 spiro atoms. The van der Waals surface area contributed by atoms with Gasteiger partial charge in [-0.2, -0.15) is 0 Å². The van der Waals surface area contributed by atoms with Gasteiger partial charge >= 0.3 is 5.69 Å². The number of nitrogens with one attached hydrogen (secondary N) is 2. The molecule has 1 aliphatic rings. The lowest BCUT2D eigenvalue weighted by atomic mass is 10.2. The number of H-pyrrole nitrogens is 1. The molecule has 2 N–H and O–H groups in total. The first-order chi connectivity index (χ1) is 14.4. The Kier molecular flexibility index (Phi) is 5.01. The second-order valence-electron chi connectivity index (χ2n) is 6.98. The third-order valence-electron chi connectivity index (χ3n) is 4.72. The van der Waals surface area contributed by atoms with Gasteiger partial charge in [-0.15, -0.1) is 0 Å². The van der Waals surface area contributed by atoms with Crippen LogP contribution < -0.4 is 30.9 Å². The van der Waals surface area contributed by atoms with Crippen LogP contribution >= 0.6 is 0 Å². The monoisotopic (exact) mass is 408 g/mol. The molecule has 2 heterocycles. The first kappa shape index (κ1) is 19.3. The van der Waals surface area contributed by atoms with E-state index < -0.39 is 17.2 Å². The van der Waals surface area contributed by atoms with E-state index in [0.717, 1.165) is 16.5 Å². The maximum absolute atomic E-state index is 12.8. The van der Waals surface area contributed by atoms with Crippen LogP contribution in [0.3, 0.4) is 0 Å². The molecule has 3 aromatic rings. The van der Waals surface area contributed by atoms with Crippen LogP contribution in [-0.4, -0.2) is 36.3 Å². The number of anilines is 2. The molecule has 0 bridgehead atoms. The lowest BCUT2D eigenvalue weighted by Crippen LogP contribution is -2.39. The molecule has 1 amide bonds. The van der Waals surface area contributed by atoms with Gasteiger partial charge in [0, 0.05) is 31.7 Å². The highest BCUT2D eigenvalue weighted by Gasteiger charge is 2.17. The van der Waals surface area contributed by atoms with Gasteiger partial charge in [-0.25, -0.2) is 4.79 Å². The molecular formula is C21H20N4O5. The Balaban J connectivity index is 1.58. The number of aromatic nitrogens is 2. The predicted molar refractivity (Wildman–Crippen MR) is 112 cm³/mol. The lowest BCUT2D eigenvalue weighted by Gasteiger charge is -2.13. The lowest BCUT2D eigenvalue weighted by molar-refractivity contribution is 0.102. The van der Waals surface area contributed by atoms with Crippen LogP contribution in [-0.2, 0) is 6.54 Å². The number of hydrogen-bond donors (Lipinski definition) is 2. The van der Waals surface area contributed by atoms with Crippen LogP contribution in [0.4, 0.5) is 11.4 Å². The van der Waals surface area contributed by atoms with E-state index in [1.54, 1.807) is 30.3 Å². The average molecular weight is 408 g/mol. The average Bonchev–Trinajstić information content (AvgIpc) is 3.19. The highest BCUT2D eigenvalue weighted by Crippen LogP contribution is 2.32. The Hall–Kier alpha value is -4.01. The van der Waals surface area contributed by atoms with Crippen molar-refractivity contribution in [3.63, 3.8) is 0 Å². The first-order valence-electron chi connectivity index (χ1n) is 9.22. The van der Waals surface area contributed by atoms with Crippen LogP contribution in [0, 0.1) is 0 Å². The highest BCUT2D eigenvalue weighted by atomic mass is 16.7. The summed E-state index contributed by atoms with van der Waals surface area (Å²) < 4.78 is 11.6. The summed E-state index contributed by atoms with van der Waals surface area (Å²) >= 11 is 0. The summed E-state index contributed by atoms with van der Waals surface area (Å²) in [4.78, 5) is 42.1. The summed E-state index contributed by atoms with van der Waals surface area (Å²) in [6.45, 7) is 0.119. The SMILES string of the molecule is CN(C)c1ccc(NC(=O)c2c[nH]c(=O)n(Cc3ccc4c(c3)OCO4)c2=O)cc1. The molecule has 0 radical (unpaired) electrons. The Labute approximate surface area is 171 Å². The molecule has 0 saturated carbocycles. The van der Waals surface area contributed by atoms with E-state index >= 15 is 0 Å². The number of ether oxygens (including phenoxy) is 2. The zero-order chi connectivity index (χ0) is 21.3. The van der Waals surface area contributed by atoms with Gasteiger partial charge in [-0.05, 0) is 42.0 Å². The standard InChI is InChI=1S/C21H20N4O5/c1-24(2)15-6-4-14(5-7-15)23-19(26)16-10-22-21(28)25(20(16)27)11-13-3-8-17-18(9-13)30-12-29-17/h3-10H,11-12H2,1-2H3,(H,22,28)(H,23,26). The number of fused-ring (bicyclic) bond motifs is 1. The zero-order valence-corrected chi connectivity index (χ0v) is 16.5. The molecule has 0 saturated heterocycles. The van der Waals surface area contributed by atoms with Crippen LogP contribution in [0.25, 0.3) is 0 Å². The molecule has 1 aliphatic heterocycles. The molecule has 0 aliphatic carbocycles. The molecule has 0 atom stereocenters. The largest absolute Gasteiger partial charge is 0.454 e. The number of amides is 1. The van der Waals surface area contributed by atoms with Crippen molar-refractivity contribution >= 4 is 17.3 Å². The summed E-state index contributed by atoms with van der Waals surface area (Å²) in [5.74, 6) is 0.550. The molecule has 154 valence electrons. The second-order valence-corrected chi connectivity index (χ2v) is 6.98. The maximum atomic E-state index is 12.8. The molecule has 30 heavy (non-hydrogen) atoms. The zero-order valence-electron chi connectivity index (χ0n) is 16.5. The molecule has 4 rings (SSSR count). The van der Waals surface area contributed by atoms with Crippen molar-refractivity contribution in [2.75, 3.05) is 31.1 Å². The number of carbonyl (C=O) groups is 1. The molecule has 2 aromatic carbocycles. The maximum Gasteiger partial charge on any atom is 0.328 e.